The van der Waals surface area contributed by atoms with E-state index in [-0.39, 0.29) is 5.84 Å². The molecule has 0 amide bonds. The van der Waals surface area contributed by atoms with Crippen molar-refractivity contribution in [3.63, 3.8) is 0 Å². The predicted molar refractivity (Wildman–Crippen MR) is 64.4 cm³/mol. The number of nitrogens with two attached hydrogens (primary N) is 1. The lowest BCUT2D eigenvalue weighted by Gasteiger charge is -2.02. The maximum Gasteiger partial charge on any atom is 0.135 e. The van der Waals surface area contributed by atoms with Crippen molar-refractivity contribution in [2.24, 2.45) is 5.73 Å². The highest BCUT2D eigenvalue weighted by molar-refractivity contribution is 7.97. The summed E-state index contributed by atoms with van der Waals surface area (Å²) in [5.74, 6) is 1.37. The Balaban J connectivity index is 3.06. The Kier molecular flexibility index (Phi) is 3.95. The van der Waals surface area contributed by atoms with E-state index in [1.54, 1.807) is 11.8 Å². The molecule has 0 radical (unpaired) electrons. The third-order valence-corrected chi connectivity index (χ3v) is 3.61. The van der Waals surface area contributed by atoms with E-state index in [0.29, 0.717) is 5.92 Å². The standard InChI is InChI=1S/C9H15N3S2/c1-5(2)7-8(9(10)11)14-6(12-7)4-13-3/h5H,4H2,1-3H3,(H3,10,11). The molecule has 3 N–H and O–H groups in total. The number of thioether (sulfide) groups is 1. The minimum Gasteiger partial charge on any atom is -0.383 e. The molecule has 0 aliphatic heterocycles. The Morgan fingerprint density at radius 2 is 2.29 bits per heavy atom. The minimum absolute atomic E-state index is 0.138. The highest BCUT2D eigenvalue weighted by Gasteiger charge is 2.15. The zero-order valence-corrected chi connectivity index (χ0v) is 10.3. The summed E-state index contributed by atoms with van der Waals surface area (Å²) in [7, 11) is 0. The quantitative estimate of drug-likeness (QED) is 0.615. The molecule has 0 unspecified atom stereocenters. The molecule has 1 aromatic heterocycles. The molecule has 1 rings (SSSR count). The smallest absolute Gasteiger partial charge is 0.135 e. The lowest BCUT2D eigenvalue weighted by molar-refractivity contribution is 0.825. The molecule has 14 heavy (non-hydrogen) atoms. The Labute approximate surface area is 92.6 Å². The van der Waals surface area contributed by atoms with Crippen LogP contribution in [0.15, 0.2) is 0 Å². The van der Waals surface area contributed by atoms with Crippen molar-refractivity contribution in [2.75, 3.05) is 6.26 Å². The maximum absolute atomic E-state index is 7.46. The van der Waals surface area contributed by atoms with Crippen LogP contribution in [0.4, 0.5) is 0 Å². The van der Waals surface area contributed by atoms with Gasteiger partial charge in [0.25, 0.3) is 0 Å². The molecule has 1 heterocycles. The SMILES string of the molecule is CSCc1nc(C(C)C)c(C(=N)N)s1. The molecule has 0 saturated heterocycles. The zero-order valence-electron chi connectivity index (χ0n) is 8.63. The molecule has 0 atom stereocenters. The van der Waals surface area contributed by atoms with Crippen LogP contribution in [0.3, 0.4) is 0 Å². The van der Waals surface area contributed by atoms with Gasteiger partial charge in [0.1, 0.15) is 10.8 Å². The van der Waals surface area contributed by atoms with Crippen molar-refractivity contribution < 1.29 is 0 Å². The highest BCUT2D eigenvalue weighted by Crippen LogP contribution is 2.26. The molecule has 0 aliphatic rings. The molecule has 0 spiro atoms. The van der Waals surface area contributed by atoms with E-state index in [9.17, 15) is 0 Å². The van der Waals surface area contributed by atoms with Gasteiger partial charge in [-0.05, 0) is 12.2 Å². The van der Waals surface area contributed by atoms with Gasteiger partial charge in [-0.15, -0.1) is 11.3 Å². The number of nitrogens with zero attached hydrogens (tertiary/aromatic N) is 1. The minimum atomic E-state index is 0.138. The third-order valence-electron chi connectivity index (χ3n) is 1.76. The van der Waals surface area contributed by atoms with Gasteiger partial charge in [-0.3, -0.25) is 5.41 Å². The Morgan fingerprint density at radius 3 is 2.64 bits per heavy atom. The third kappa shape index (κ3) is 2.48. The fraction of sp³-hybridized carbons (Fsp3) is 0.556. The molecule has 0 aliphatic carbocycles. The van der Waals surface area contributed by atoms with Gasteiger partial charge >= 0.3 is 0 Å². The summed E-state index contributed by atoms with van der Waals surface area (Å²) in [6, 6.07) is 0. The fourth-order valence-electron chi connectivity index (χ4n) is 1.15. The van der Waals surface area contributed by atoms with Gasteiger partial charge in [-0.2, -0.15) is 11.8 Å². The van der Waals surface area contributed by atoms with Crippen molar-refractivity contribution >= 4 is 28.9 Å². The molecular formula is C9H15N3S2. The van der Waals surface area contributed by atoms with Crippen molar-refractivity contribution in [1.29, 1.82) is 5.41 Å². The monoisotopic (exact) mass is 229 g/mol. The summed E-state index contributed by atoms with van der Waals surface area (Å²) in [5.41, 5.74) is 6.47. The Hall–Kier alpha value is -0.550. The molecular weight excluding hydrogens is 214 g/mol. The lowest BCUT2D eigenvalue weighted by atomic mass is 10.1. The molecule has 0 fully saturated rings. The second-order valence-electron chi connectivity index (χ2n) is 3.32. The molecule has 1 aromatic rings. The van der Waals surface area contributed by atoms with Gasteiger partial charge in [-0.25, -0.2) is 4.98 Å². The van der Waals surface area contributed by atoms with Crippen LogP contribution in [0.1, 0.15) is 35.3 Å². The molecule has 0 saturated carbocycles. The summed E-state index contributed by atoms with van der Waals surface area (Å²) in [6.07, 6.45) is 2.05. The second-order valence-corrected chi connectivity index (χ2v) is 5.27. The number of nitrogens with one attached hydrogen (secondary N) is 1. The van der Waals surface area contributed by atoms with Gasteiger partial charge in [-0.1, -0.05) is 13.8 Å². The van der Waals surface area contributed by atoms with E-state index in [2.05, 4.69) is 18.8 Å². The van der Waals surface area contributed by atoms with Crippen LogP contribution in [-0.4, -0.2) is 17.1 Å². The first-order chi connectivity index (χ1) is 6.56. The van der Waals surface area contributed by atoms with Gasteiger partial charge in [0.2, 0.25) is 0 Å². The molecule has 3 nitrogen and oxygen atoms in total. The van der Waals surface area contributed by atoms with Crippen molar-refractivity contribution in [1.82, 2.24) is 4.98 Å². The summed E-state index contributed by atoms with van der Waals surface area (Å²) in [6.45, 7) is 4.15. The lowest BCUT2D eigenvalue weighted by Crippen LogP contribution is -2.12. The number of amidine groups is 1. The van der Waals surface area contributed by atoms with Crippen LogP contribution >= 0.6 is 23.1 Å². The predicted octanol–water partition coefficient (Wildman–Crippen LogP) is 2.41. The maximum atomic E-state index is 7.46. The van der Waals surface area contributed by atoms with Crippen LogP contribution in [0.25, 0.3) is 0 Å². The number of nitrogen functional groups attached to an aromatic ring is 1. The molecule has 0 aromatic carbocycles. The highest BCUT2D eigenvalue weighted by atomic mass is 32.2. The van der Waals surface area contributed by atoms with Gasteiger partial charge in [0, 0.05) is 5.75 Å². The van der Waals surface area contributed by atoms with Crippen molar-refractivity contribution in [3.05, 3.63) is 15.6 Å². The Bertz CT molecular complexity index is 331. The topological polar surface area (TPSA) is 62.8 Å². The second kappa shape index (κ2) is 4.79. The van der Waals surface area contributed by atoms with Gasteiger partial charge in [0.05, 0.1) is 10.6 Å². The number of aromatic nitrogens is 1. The number of rotatable bonds is 4. The van der Waals surface area contributed by atoms with E-state index in [4.69, 9.17) is 11.1 Å². The summed E-state index contributed by atoms with van der Waals surface area (Å²) in [4.78, 5) is 5.33. The van der Waals surface area contributed by atoms with E-state index >= 15 is 0 Å². The summed E-state index contributed by atoms with van der Waals surface area (Å²) < 4.78 is 0. The normalized spacial score (nSPS) is 10.9. The van der Waals surface area contributed by atoms with Crippen LogP contribution < -0.4 is 5.73 Å². The Morgan fingerprint density at radius 1 is 1.64 bits per heavy atom. The molecule has 0 bridgehead atoms. The average Bonchev–Trinajstić information content (AvgIpc) is 2.49. The fourth-order valence-corrected chi connectivity index (χ4v) is 2.92. The van der Waals surface area contributed by atoms with E-state index < -0.39 is 0 Å². The van der Waals surface area contributed by atoms with E-state index in [0.717, 1.165) is 21.3 Å². The average molecular weight is 229 g/mol. The largest absolute Gasteiger partial charge is 0.383 e. The number of hydrogen-bond acceptors (Lipinski definition) is 4. The van der Waals surface area contributed by atoms with Crippen LogP contribution in [-0.2, 0) is 5.75 Å². The van der Waals surface area contributed by atoms with Crippen LogP contribution in [0.2, 0.25) is 0 Å². The van der Waals surface area contributed by atoms with E-state index in [1.807, 2.05) is 6.26 Å². The van der Waals surface area contributed by atoms with Gasteiger partial charge in [0.15, 0.2) is 0 Å². The van der Waals surface area contributed by atoms with E-state index in [1.165, 1.54) is 11.3 Å². The van der Waals surface area contributed by atoms with Gasteiger partial charge < -0.3 is 5.73 Å². The molecule has 5 heteroatoms. The van der Waals surface area contributed by atoms with Crippen LogP contribution in [0.5, 0.6) is 0 Å². The first-order valence-electron chi connectivity index (χ1n) is 4.39. The molecule has 78 valence electrons. The van der Waals surface area contributed by atoms with Crippen molar-refractivity contribution in [3.8, 4) is 0 Å². The van der Waals surface area contributed by atoms with Crippen LogP contribution in [0, 0.1) is 5.41 Å². The first-order valence-corrected chi connectivity index (χ1v) is 6.60. The first kappa shape index (κ1) is 11.5. The van der Waals surface area contributed by atoms with Crippen molar-refractivity contribution in [2.45, 2.75) is 25.5 Å². The number of hydrogen-bond donors (Lipinski definition) is 2. The number of thiazole rings is 1. The summed E-state index contributed by atoms with van der Waals surface area (Å²) >= 11 is 3.28. The zero-order chi connectivity index (χ0) is 10.7. The summed E-state index contributed by atoms with van der Waals surface area (Å²) in [5, 5.41) is 8.52.